The summed E-state index contributed by atoms with van der Waals surface area (Å²) in [4.78, 5) is 19.2. The van der Waals surface area contributed by atoms with Crippen molar-refractivity contribution in [3.8, 4) is 0 Å². The monoisotopic (exact) mass is 386 g/mol. The smallest absolute Gasteiger partial charge is 0.225 e. The SMILES string of the molecule is CCNC(=NCC(O)c1cccc(C)c1)NC1CCN(C(=O)C2CCCC2)C1. The van der Waals surface area contributed by atoms with E-state index in [1.165, 1.54) is 12.8 Å². The van der Waals surface area contributed by atoms with Crippen LogP contribution >= 0.6 is 0 Å². The van der Waals surface area contributed by atoms with Gasteiger partial charge in [0.15, 0.2) is 5.96 Å². The molecule has 6 nitrogen and oxygen atoms in total. The zero-order valence-electron chi connectivity index (χ0n) is 17.2. The highest BCUT2D eigenvalue weighted by Gasteiger charge is 2.32. The van der Waals surface area contributed by atoms with Crippen LogP contribution in [-0.4, -0.2) is 54.1 Å². The molecule has 28 heavy (non-hydrogen) atoms. The normalized spacial score (nSPS) is 21.8. The van der Waals surface area contributed by atoms with Crippen molar-refractivity contribution >= 4 is 11.9 Å². The van der Waals surface area contributed by atoms with Crippen molar-refractivity contribution in [1.29, 1.82) is 0 Å². The van der Waals surface area contributed by atoms with Crippen molar-refractivity contribution in [1.82, 2.24) is 15.5 Å². The predicted molar refractivity (Wildman–Crippen MR) is 112 cm³/mol. The molecule has 0 aromatic heterocycles. The Morgan fingerprint density at radius 1 is 1.32 bits per heavy atom. The lowest BCUT2D eigenvalue weighted by atomic mass is 10.1. The highest BCUT2D eigenvalue weighted by Crippen LogP contribution is 2.27. The molecule has 1 saturated heterocycles. The van der Waals surface area contributed by atoms with Gasteiger partial charge in [-0.3, -0.25) is 9.79 Å². The molecule has 1 aliphatic heterocycles. The number of amides is 1. The first-order valence-electron chi connectivity index (χ1n) is 10.6. The fourth-order valence-corrected chi connectivity index (χ4v) is 4.18. The number of rotatable bonds is 6. The van der Waals surface area contributed by atoms with Gasteiger partial charge >= 0.3 is 0 Å². The van der Waals surface area contributed by atoms with Gasteiger partial charge in [-0.25, -0.2) is 0 Å². The molecule has 0 spiro atoms. The van der Waals surface area contributed by atoms with E-state index in [1.807, 2.05) is 43.0 Å². The maximum absolute atomic E-state index is 12.6. The largest absolute Gasteiger partial charge is 0.386 e. The molecule has 1 saturated carbocycles. The molecule has 2 aliphatic rings. The third-order valence-corrected chi connectivity index (χ3v) is 5.74. The molecule has 2 unspecified atom stereocenters. The number of aryl methyl sites for hydroxylation is 1. The van der Waals surface area contributed by atoms with Gasteiger partial charge in [-0.15, -0.1) is 0 Å². The van der Waals surface area contributed by atoms with Crippen molar-refractivity contribution in [2.45, 2.75) is 58.1 Å². The first-order valence-corrected chi connectivity index (χ1v) is 10.6. The minimum Gasteiger partial charge on any atom is -0.386 e. The molecule has 3 N–H and O–H groups in total. The van der Waals surface area contributed by atoms with Crippen LogP contribution in [0.25, 0.3) is 0 Å². The Bertz CT molecular complexity index is 685. The van der Waals surface area contributed by atoms with E-state index in [1.54, 1.807) is 0 Å². The quantitative estimate of drug-likeness (QED) is 0.518. The van der Waals surface area contributed by atoms with Gasteiger partial charge in [0.2, 0.25) is 5.91 Å². The zero-order valence-corrected chi connectivity index (χ0v) is 17.2. The van der Waals surface area contributed by atoms with Crippen molar-refractivity contribution in [2.75, 3.05) is 26.2 Å². The molecule has 1 aliphatic carbocycles. The predicted octanol–water partition coefficient (Wildman–Crippen LogP) is 2.37. The minimum absolute atomic E-state index is 0.208. The second kappa shape index (κ2) is 9.92. The number of hydrogen-bond donors (Lipinski definition) is 3. The van der Waals surface area contributed by atoms with Crippen LogP contribution < -0.4 is 10.6 Å². The van der Waals surface area contributed by atoms with E-state index in [4.69, 9.17) is 0 Å². The van der Waals surface area contributed by atoms with Crippen molar-refractivity contribution in [3.05, 3.63) is 35.4 Å². The molecule has 0 radical (unpaired) electrons. The molecule has 6 heteroatoms. The second-order valence-corrected chi connectivity index (χ2v) is 8.05. The fraction of sp³-hybridized carbons (Fsp3) is 0.636. The van der Waals surface area contributed by atoms with Crippen molar-refractivity contribution in [2.24, 2.45) is 10.9 Å². The van der Waals surface area contributed by atoms with Gasteiger partial charge in [0.05, 0.1) is 12.6 Å². The third-order valence-electron chi connectivity index (χ3n) is 5.74. The number of nitrogens with zero attached hydrogens (tertiary/aromatic N) is 2. The van der Waals surface area contributed by atoms with Gasteiger partial charge in [0.25, 0.3) is 0 Å². The number of guanidine groups is 1. The lowest BCUT2D eigenvalue weighted by Gasteiger charge is -2.21. The average Bonchev–Trinajstić information content (AvgIpc) is 3.38. The highest BCUT2D eigenvalue weighted by molar-refractivity contribution is 5.81. The number of aliphatic imine (C=N–C) groups is 1. The van der Waals surface area contributed by atoms with Crippen molar-refractivity contribution in [3.63, 3.8) is 0 Å². The Hall–Kier alpha value is -2.08. The van der Waals surface area contributed by atoms with E-state index in [9.17, 15) is 9.90 Å². The maximum Gasteiger partial charge on any atom is 0.225 e. The summed E-state index contributed by atoms with van der Waals surface area (Å²) in [6.07, 6.45) is 4.78. The molecule has 1 amide bonds. The summed E-state index contributed by atoms with van der Waals surface area (Å²) < 4.78 is 0. The van der Waals surface area contributed by atoms with Gasteiger partial charge < -0.3 is 20.6 Å². The number of hydrogen-bond acceptors (Lipinski definition) is 3. The maximum atomic E-state index is 12.6. The van der Waals surface area contributed by atoms with Crippen LogP contribution in [0.5, 0.6) is 0 Å². The highest BCUT2D eigenvalue weighted by atomic mass is 16.3. The molecular formula is C22H34N4O2. The Morgan fingerprint density at radius 2 is 2.11 bits per heavy atom. The molecule has 1 aromatic rings. The van der Waals surface area contributed by atoms with Crippen molar-refractivity contribution < 1.29 is 9.90 Å². The summed E-state index contributed by atoms with van der Waals surface area (Å²) in [5.41, 5.74) is 2.01. The Morgan fingerprint density at radius 3 is 2.82 bits per heavy atom. The molecule has 2 fully saturated rings. The fourth-order valence-electron chi connectivity index (χ4n) is 4.18. The Balaban J connectivity index is 1.54. The van der Waals surface area contributed by atoms with E-state index in [2.05, 4.69) is 15.6 Å². The number of likely N-dealkylation sites (tertiary alicyclic amines) is 1. The van der Waals surface area contributed by atoms with E-state index in [0.29, 0.717) is 18.4 Å². The lowest BCUT2D eigenvalue weighted by molar-refractivity contribution is -0.134. The number of carbonyl (C=O) groups is 1. The average molecular weight is 387 g/mol. The Kier molecular flexibility index (Phi) is 7.31. The first-order chi connectivity index (χ1) is 13.6. The summed E-state index contributed by atoms with van der Waals surface area (Å²) in [7, 11) is 0. The second-order valence-electron chi connectivity index (χ2n) is 8.05. The van der Waals surface area contributed by atoms with Gasteiger partial charge in [-0.05, 0) is 38.7 Å². The molecule has 1 aromatic carbocycles. The molecule has 2 atom stereocenters. The van der Waals surface area contributed by atoms with Gasteiger partial charge in [-0.2, -0.15) is 0 Å². The van der Waals surface area contributed by atoms with Crippen LogP contribution in [-0.2, 0) is 4.79 Å². The summed E-state index contributed by atoms with van der Waals surface area (Å²) in [5.74, 6) is 1.28. The number of aliphatic hydroxyl groups is 1. The number of nitrogens with one attached hydrogen (secondary N) is 2. The number of aliphatic hydroxyl groups excluding tert-OH is 1. The first kappa shape index (κ1) is 20.6. The van der Waals surface area contributed by atoms with E-state index >= 15 is 0 Å². The number of carbonyl (C=O) groups excluding carboxylic acids is 1. The third kappa shape index (κ3) is 5.47. The lowest BCUT2D eigenvalue weighted by Crippen LogP contribution is -2.45. The zero-order chi connectivity index (χ0) is 19.9. The summed E-state index contributed by atoms with van der Waals surface area (Å²) in [6.45, 7) is 6.65. The van der Waals surface area contributed by atoms with E-state index < -0.39 is 6.10 Å². The molecule has 0 bridgehead atoms. The Labute approximate surface area is 168 Å². The van der Waals surface area contributed by atoms with Crippen LogP contribution in [0.3, 0.4) is 0 Å². The van der Waals surface area contributed by atoms with Crippen LogP contribution in [0.4, 0.5) is 0 Å². The minimum atomic E-state index is -0.626. The van der Waals surface area contributed by atoms with Crippen LogP contribution in [0.1, 0.15) is 56.3 Å². The molecular weight excluding hydrogens is 352 g/mol. The topological polar surface area (TPSA) is 77.0 Å². The molecule has 1 heterocycles. The van der Waals surface area contributed by atoms with E-state index in [-0.39, 0.29) is 12.0 Å². The van der Waals surface area contributed by atoms with Gasteiger partial charge in [-0.1, -0.05) is 42.7 Å². The number of benzene rings is 1. The van der Waals surface area contributed by atoms with Gasteiger partial charge in [0.1, 0.15) is 0 Å². The van der Waals surface area contributed by atoms with Crippen LogP contribution in [0.15, 0.2) is 29.3 Å². The van der Waals surface area contributed by atoms with Crippen LogP contribution in [0.2, 0.25) is 0 Å². The molecule has 3 rings (SSSR count). The summed E-state index contributed by atoms with van der Waals surface area (Å²) >= 11 is 0. The molecule has 154 valence electrons. The summed E-state index contributed by atoms with van der Waals surface area (Å²) in [5, 5.41) is 17.1. The van der Waals surface area contributed by atoms with Crippen LogP contribution in [0, 0.1) is 12.8 Å². The summed E-state index contributed by atoms with van der Waals surface area (Å²) in [6, 6.07) is 8.10. The van der Waals surface area contributed by atoms with Gasteiger partial charge in [0, 0.05) is 31.6 Å². The van der Waals surface area contributed by atoms with E-state index in [0.717, 1.165) is 50.0 Å². The standard InChI is InChI=1S/C22H34N4O2/c1-3-23-22(24-14-20(27)18-10-6-7-16(2)13-18)25-19-11-12-26(15-19)21(28)17-8-4-5-9-17/h6-7,10,13,17,19-20,27H,3-5,8-9,11-12,14-15H2,1-2H3,(H2,23,24,25).